The van der Waals surface area contributed by atoms with E-state index in [-0.39, 0.29) is 24.4 Å². The van der Waals surface area contributed by atoms with Crippen molar-refractivity contribution in [3.8, 4) is 0 Å². The zero-order chi connectivity index (χ0) is 14.3. The average molecular weight is 304 g/mol. The van der Waals surface area contributed by atoms with E-state index in [1.807, 2.05) is 13.8 Å². The minimum Gasteiger partial charge on any atom is -0.361 e. The van der Waals surface area contributed by atoms with Gasteiger partial charge in [-0.25, -0.2) is 0 Å². The highest BCUT2D eigenvalue weighted by Gasteiger charge is 2.13. The van der Waals surface area contributed by atoms with Crippen LogP contribution < -0.4 is 11.1 Å². The molecule has 1 unspecified atom stereocenters. The summed E-state index contributed by atoms with van der Waals surface area (Å²) in [5.41, 5.74) is 7.56. The Morgan fingerprint density at radius 3 is 2.65 bits per heavy atom. The molecule has 1 atom stereocenters. The Labute approximate surface area is 127 Å². The van der Waals surface area contributed by atoms with Crippen LogP contribution in [0.5, 0.6) is 0 Å². The van der Waals surface area contributed by atoms with Gasteiger partial charge >= 0.3 is 0 Å². The lowest BCUT2D eigenvalue weighted by Gasteiger charge is -2.16. The summed E-state index contributed by atoms with van der Waals surface area (Å²) in [5, 5.41) is 6.87. The summed E-state index contributed by atoms with van der Waals surface area (Å²) < 4.78 is 5.08. The molecule has 1 aromatic rings. The van der Waals surface area contributed by atoms with Gasteiger partial charge in [-0.3, -0.25) is 4.79 Å². The SMILES string of the molecule is CCCCC(CN)NC(=O)CCc1c(C)noc1C.Cl. The standard InChI is InChI=1S/C14H25N3O2.ClH/c1-4-5-6-12(9-15)16-14(18)8-7-13-10(2)17-19-11(13)3;/h12H,4-9,15H2,1-3H3,(H,16,18);1H. The molecule has 6 heteroatoms. The van der Waals surface area contributed by atoms with Gasteiger partial charge in [-0.15, -0.1) is 12.4 Å². The molecule has 1 aromatic heterocycles. The molecule has 0 aliphatic carbocycles. The summed E-state index contributed by atoms with van der Waals surface area (Å²) in [6.07, 6.45) is 4.27. The van der Waals surface area contributed by atoms with Gasteiger partial charge in [0.05, 0.1) is 5.69 Å². The van der Waals surface area contributed by atoms with Crippen LogP contribution >= 0.6 is 12.4 Å². The van der Waals surface area contributed by atoms with E-state index in [0.717, 1.165) is 36.3 Å². The summed E-state index contributed by atoms with van der Waals surface area (Å²) in [6, 6.07) is 0.0946. The molecule has 0 aliphatic heterocycles. The lowest BCUT2D eigenvalue weighted by atomic mass is 10.1. The van der Waals surface area contributed by atoms with Gasteiger partial charge in [0.25, 0.3) is 0 Å². The van der Waals surface area contributed by atoms with Crippen LogP contribution in [-0.4, -0.2) is 23.7 Å². The van der Waals surface area contributed by atoms with Crippen LogP contribution in [0.15, 0.2) is 4.52 Å². The van der Waals surface area contributed by atoms with Crippen molar-refractivity contribution in [1.29, 1.82) is 0 Å². The van der Waals surface area contributed by atoms with Crippen molar-refractivity contribution in [3.05, 3.63) is 17.0 Å². The van der Waals surface area contributed by atoms with Gasteiger partial charge in [0, 0.05) is 24.6 Å². The number of nitrogens with zero attached hydrogens (tertiary/aromatic N) is 1. The molecule has 20 heavy (non-hydrogen) atoms. The number of nitrogens with one attached hydrogen (secondary N) is 1. The Morgan fingerprint density at radius 1 is 1.45 bits per heavy atom. The van der Waals surface area contributed by atoms with Gasteiger partial charge in [-0.1, -0.05) is 24.9 Å². The van der Waals surface area contributed by atoms with E-state index in [4.69, 9.17) is 10.3 Å². The second-order valence-corrected chi connectivity index (χ2v) is 4.95. The lowest BCUT2D eigenvalue weighted by molar-refractivity contribution is -0.121. The third kappa shape index (κ3) is 5.92. The molecule has 1 rings (SSSR count). The Hall–Kier alpha value is -1.07. The number of carbonyl (C=O) groups excluding carboxylic acids is 1. The maximum atomic E-state index is 11.9. The van der Waals surface area contributed by atoms with Gasteiger partial charge in [0.1, 0.15) is 5.76 Å². The number of halogens is 1. The molecule has 0 saturated heterocycles. The molecule has 0 aliphatic rings. The van der Waals surface area contributed by atoms with Crippen molar-refractivity contribution in [1.82, 2.24) is 10.5 Å². The van der Waals surface area contributed by atoms with Gasteiger partial charge in [0.2, 0.25) is 5.91 Å². The average Bonchev–Trinajstić information content (AvgIpc) is 2.71. The molecular weight excluding hydrogens is 278 g/mol. The third-order valence-electron chi connectivity index (χ3n) is 3.34. The molecule has 0 radical (unpaired) electrons. The molecule has 116 valence electrons. The molecule has 0 bridgehead atoms. The van der Waals surface area contributed by atoms with E-state index in [0.29, 0.717) is 19.4 Å². The summed E-state index contributed by atoms with van der Waals surface area (Å²) in [7, 11) is 0. The van der Waals surface area contributed by atoms with E-state index < -0.39 is 0 Å². The molecule has 0 fully saturated rings. The Bertz CT molecular complexity index is 388. The number of aryl methyl sites for hydroxylation is 2. The van der Waals surface area contributed by atoms with E-state index in [9.17, 15) is 4.79 Å². The van der Waals surface area contributed by atoms with Crippen LogP contribution in [0.4, 0.5) is 0 Å². The maximum Gasteiger partial charge on any atom is 0.220 e. The fourth-order valence-electron chi connectivity index (χ4n) is 2.10. The van der Waals surface area contributed by atoms with E-state index in [1.54, 1.807) is 0 Å². The summed E-state index contributed by atoms with van der Waals surface area (Å²) in [6.45, 7) is 6.40. The van der Waals surface area contributed by atoms with Crippen LogP contribution in [0.1, 0.15) is 49.6 Å². The first kappa shape index (κ1) is 18.9. The number of nitrogens with two attached hydrogens (primary N) is 1. The van der Waals surface area contributed by atoms with Crippen molar-refractivity contribution < 1.29 is 9.32 Å². The first-order chi connectivity index (χ1) is 9.08. The molecular formula is C14H26ClN3O2. The quantitative estimate of drug-likeness (QED) is 0.772. The number of amides is 1. The number of hydrogen-bond acceptors (Lipinski definition) is 4. The van der Waals surface area contributed by atoms with Crippen LogP contribution in [0.25, 0.3) is 0 Å². The van der Waals surface area contributed by atoms with Crippen molar-refractivity contribution in [3.63, 3.8) is 0 Å². The van der Waals surface area contributed by atoms with Crippen LogP contribution in [-0.2, 0) is 11.2 Å². The highest BCUT2D eigenvalue weighted by atomic mass is 35.5. The smallest absolute Gasteiger partial charge is 0.220 e. The van der Waals surface area contributed by atoms with Crippen LogP contribution in [0.2, 0.25) is 0 Å². The van der Waals surface area contributed by atoms with E-state index in [1.165, 1.54) is 0 Å². The lowest BCUT2D eigenvalue weighted by Crippen LogP contribution is -2.40. The maximum absolute atomic E-state index is 11.9. The number of unbranched alkanes of at least 4 members (excludes halogenated alkanes) is 1. The van der Waals surface area contributed by atoms with E-state index >= 15 is 0 Å². The third-order valence-corrected chi connectivity index (χ3v) is 3.34. The first-order valence-corrected chi connectivity index (χ1v) is 6.99. The second kappa shape index (κ2) is 9.77. The minimum absolute atomic E-state index is 0. The zero-order valence-corrected chi connectivity index (χ0v) is 13.4. The van der Waals surface area contributed by atoms with Crippen LogP contribution in [0, 0.1) is 13.8 Å². The normalized spacial score (nSPS) is 11.8. The van der Waals surface area contributed by atoms with Crippen molar-refractivity contribution in [2.75, 3.05) is 6.54 Å². The van der Waals surface area contributed by atoms with Crippen molar-refractivity contribution in [2.24, 2.45) is 5.73 Å². The molecule has 1 heterocycles. The molecule has 0 saturated carbocycles. The summed E-state index contributed by atoms with van der Waals surface area (Å²) in [4.78, 5) is 11.9. The van der Waals surface area contributed by atoms with Gasteiger partial charge < -0.3 is 15.6 Å². The molecule has 0 spiro atoms. The highest BCUT2D eigenvalue weighted by molar-refractivity contribution is 5.85. The van der Waals surface area contributed by atoms with Gasteiger partial charge in [-0.05, 0) is 26.7 Å². The van der Waals surface area contributed by atoms with Crippen LogP contribution in [0.3, 0.4) is 0 Å². The molecule has 3 N–H and O–H groups in total. The number of carbonyl (C=O) groups is 1. The Kier molecular flexibility index (Phi) is 9.25. The van der Waals surface area contributed by atoms with Gasteiger partial charge in [-0.2, -0.15) is 0 Å². The fraction of sp³-hybridized carbons (Fsp3) is 0.714. The zero-order valence-electron chi connectivity index (χ0n) is 12.6. The van der Waals surface area contributed by atoms with Gasteiger partial charge in [0.15, 0.2) is 0 Å². The fourth-order valence-corrected chi connectivity index (χ4v) is 2.10. The van der Waals surface area contributed by atoms with E-state index in [2.05, 4.69) is 17.4 Å². The second-order valence-electron chi connectivity index (χ2n) is 4.95. The largest absolute Gasteiger partial charge is 0.361 e. The summed E-state index contributed by atoms with van der Waals surface area (Å²) in [5.74, 6) is 0.846. The topological polar surface area (TPSA) is 81.1 Å². The first-order valence-electron chi connectivity index (χ1n) is 6.99. The highest BCUT2D eigenvalue weighted by Crippen LogP contribution is 2.14. The number of aromatic nitrogens is 1. The number of hydrogen-bond donors (Lipinski definition) is 2. The molecule has 0 aromatic carbocycles. The Balaban J connectivity index is 0.00000361. The van der Waals surface area contributed by atoms with Crippen molar-refractivity contribution >= 4 is 18.3 Å². The monoisotopic (exact) mass is 303 g/mol. The number of rotatable bonds is 8. The van der Waals surface area contributed by atoms with Crippen molar-refractivity contribution in [2.45, 2.75) is 58.9 Å². The minimum atomic E-state index is 0. The molecule has 1 amide bonds. The Morgan fingerprint density at radius 2 is 2.15 bits per heavy atom. The predicted octanol–water partition coefficient (Wildman–Crippen LogP) is 2.28. The summed E-state index contributed by atoms with van der Waals surface area (Å²) >= 11 is 0. The molecule has 5 nitrogen and oxygen atoms in total. The predicted molar refractivity (Wildman–Crippen MR) is 82.1 cm³/mol.